The lowest BCUT2D eigenvalue weighted by Crippen LogP contribution is -2.17. The molecule has 0 aliphatic heterocycles. The van der Waals surface area contributed by atoms with E-state index in [0.29, 0.717) is 37.8 Å². The summed E-state index contributed by atoms with van der Waals surface area (Å²) in [5, 5.41) is 3.94. The van der Waals surface area contributed by atoms with Crippen LogP contribution in [-0.2, 0) is 4.79 Å². The summed E-state index contributed by atoms with van der Waals surface area (Å²) in [5.41, 5.74) is 1.40. The number of Topliss-reactive ketones (excluding diaryl/α,β-unsaturated/α-hetero) is 1. The topological polar surface area (TPSA) is 58.5 Å². The van der Waals surface area contributed by atoms with Crippen molar-refractivity contribution in [3.63, 3.8) is 0 Å². The molecule has 9 heteroatoms. The van der Waals surface area contributed by atoms with Crippen LogP contribution < -0.4 is 5.32 Å². The molecule has 1 N–H and O–H groups in total. The monoisotopic (exact) mass is 516 g/mol. The Balaban J connectivity index is 1.47. The quantitative estimate of drug-likeness (QED) is 0.248. The summed E-state index contributed by atoms with van der Waals surface area (Å²) in [6.45, 7) is 0.0142. The van der Waals surface area contributed by atoms with Gasteiger partial charge in [0.05, 0.1) is 10.9 Å². The van der Waals surface area contributed by atoms with Crippen LogP contribution in [0.1, 0.15) is 34.7 Å². The molecule has 31 heavy (non-hydrogen) atoms. The summed E-state index contributed by atoms with van der Waals surface area (Å²) < 4.78 is -1.29. The van der Waals surface area contributed by atoms with Gasteiger partial charge in [0, 0.05) is 33.4 Å². The van der Waals surface area contributed by atoms with Gasteiger partial charge in [0.1, 0.15) is 10.9 Å². The second-order valence-electron chi connectivity index (χ2n) is 7.77. The van der Waals surface area contributed by atoms with Crippen molar-refractivity contribution in [3.05, 3.63) is 62.6 Å². The predicted molar refractivity (Wildman–Crippen MR) is 128 cm³/mol. The van der Waals surface area contributed by atoms with Gasteiger partial charge < -0.3 is 5.32 Å². The summed E-state index contributed by atoms with van der Waals surface area (Å²) in [7, 11) is 0. The van der Waals surface area contributed by atoms with Gasteiger partial charge in [-0.1, -0.05) is 34.8 Å². The van der Waals surface area contributed by atoms with E-state index < -0.39 is 16.2 Å². The van der Waals surface area contributed by atoms with Crippen LogP contribution in [0.5, 0.6) is 0 Å². The van der Waals surface area contributed by atoms with Crippen LogP contribution in [0.15, 0.2) is 41.4 Å². The lowest BCUT2D eigenvalue weighted by Gasteiger charge is -2.08. The minimum atomic E-state index is -1.29. The highest BCUT2D eigenvalue weighted by molar-refractivity contribution is 6.53. The molecule has 0 bridgehead atoms. The maximum Gasteiger partial charge on any atom is 0.231 e. The summed E-state index contributed by atoms with van der Waals surface area (Å²) in [6.07, 6.45) is 4.05. The number of halogens is 5. The van der Waals surface area contributed by atoms with Crippen molar-refractivity contribution in [2.24, 2.45) is 16.8 Å². The SMILES string of the molecule is O=C(CN=CC1CC1)c1cc(NC(=O)C2C(c3cc(Cl)cc(Cl)c3)C2(Cl)Cl)ccc1Cl. The Hall–Kier alpha value is -1.30. The summed E-state index contributed by atoms with van der Waals surface area (Å²) in [5.74, 6) is -1.28. The van der Waals surface area contributed by atoms with E-state index in [1.54, 1.807) is 30.3 Å². The Morgan fingerprint density at radius 2 is 1.74 bits per heavy atom. The van der Waals surface area contributed by atoms with Crippen molar-refractivity contribution in [3.8, 4) is 0 Å². The molecule has 2 saturated carbocycles. The van der Waals surface area contributed by atoms with E-state index >= 15 is 0 Å². The molecule has 0 saturated heterocycles. The van der Waals surface area contributed by atoms with Gasteiger partial charge in [-0.25, -0.2) is 0 Å². The van der Waals surface area contributed by atoms with Crippen LogP contribution in [0, 0.1) is 11.8 Å². The van der Waals surface area contributed by atoms with Crippen molar-refractivity contribution >= 4 is 81.6 Å². The lowest BCUT2D eigenvalue weighted by atomic mass is 10.1. The molecular weight excluding hydrogens is 502 g/mol. The Morgan fingerprint density at radius 1 is 1.06 bits per heavy atom. The minimum Gasteiger partial charge on any atom is -0.326 e. The molecule has 0 radical (unpaired) electrons. The van der Waals surface area contributed by atoms with Crippen molar-refractivity contribution in [1.29, 1.82) is 0 Å². The van der Waals surface area contributed by atoms with Crippen molar-refractivity contribution in [1.82, 2.24) is 0 Å². The zero-order valence-electron chi connectivity index (χ0n) is 16.0. The second-order valence-corrected chi connectivity index (χ2v) is 10.5. The van der Waals surface area contributed by atoms with Gasteiger partial charge in [-0.05, 0) is 60.7 Å². The number of carbonyl (C=O) groups excluding carboxylic acids is 2. The molecule has 2 fully saturated rings. The summed E-state index contributed by atoms with van der Waals surface area (Å²) in [6, 6.07) is 9.67. The van der Waals surface area contributed by atoms with Crippen molar-refractivity contribution in [2.45, 2.75) is 23.1 Å². The molecule has 2 aliphatic rings. The van der Waals surface area contributed by atoms with E-state index in [1.165, 1.54) is 6.07 Å². The molecule has 1 amide bonds. The number of benzene rings is 2. The molecule has 0 spiro atoms. The largest absolute Gasteiger partial charge is 0.326 e. The van der Waals surface area contributed by atoms with Crippen LogP contribution in [-0.4, -0.2) is 28.8 Å². The van der Waals surface area contributed by atoms with E-state index in [9.17, 15) is 9.59 Å². The number of nitrogens with one attached hydrogen (secondary N) is 1. The first-order chi connectivity index (χ1) is 14.7. The van der Waals surface area contributed by atoms with Crippen molar-refractivity contribution < 1.29 is 9.59 Å². The van der Waals surface area contributed by atoms with Gasteiger partial charge in [0.25, 0.3) is 0 Å². The molecule has 2 unspecified atom stereocenters. The number of nitrogens with zero attached hydrogens (tertiary/aromatic N) is 1. The molecule has 4 rings (SSSR count). The highest BCUT2D eigenvalue weighted by Crippen LogP contribution is 2.65. The highest BCUT2D eigenvalue weighted by Gasteiger charge is 2.67. The fraction of sp³-hybridized carbons (Fsp3) is 0.318. The molecule has 0 aromatic heterocycles. The van der Waals surface area contributed by atoms with Crippen molar-refractivity contribution in [2.75, 3.05) is 11.9 Å². The summed E-state index contributed by atoms with van der Waals surface area (Å²) in [4.78, 5) is 29.5. The average molecular weight is 519 g/mol. The number of amides is 1. The van der Waals surface area contributed by atoms with E-state index in [0.717, 1.165) is 12.8 Å². The first-order valence-electron chi connectivity index (χ1n) is 9.64. The Bertz CT molecular complexity index is 1060. The fourth-order valence-electron chi connectivity index (χ4n) is 3.47. The first-order valence-corrected chi connectivity index (χ1v) is 11.5. The van der Waals surface area contributed by atoms with Crippen LogP contribution >= 0.6 is 58.0 Å². The summed E-state index contributed by atoms with van der Waals surface area (Å²) >= 11 is 31.1. The molecular formula is C22H17Cl5N2O2. The highest BCUT2D eigenvalue weighted by atomic mass is 35.5. The number of anilines is 1. The number of aliphatic imine (C=N–C) groups is 1. The lowest BCUT2D eigenvalue weighted by molar-refractivity contribution is -0.117. The van der Waals surface area contributed by atoms with Crippen LogP contribution in [0.2, 0.25) is 15.1 Å². The minimum absolute atomic E-state index is 0.0142. The molecule has 2 atom stereocenters. The number of alkyl halides is 2. The number of carbonyl (C=O) groups is 2. The standard InChI is InChI=1S/C22H17Cl5N2O2/c23-13-5-12(6-14(24)7-13)19-20(22(19,26)27)21(31)29-15-3-4-17(25)16(8-15)18(30)10-28-9-11-1-2-11/h3-9,11,19-20H,1-2,10H2,(H,29,31). The Kier molecular flexibility index (Phi) is 6.58. The number of hydrogen-bond acceptors (Lipinski definition) is 3. The third-order valence-corrected chi connectivity index (χ3v) is 6.99. The van der Waals surface area contributed by atoms with Gasteiger partial charge in [-0.15, -0.1) is 23.2 Å². The third kappa shape index (κ3) is 5.20. The Labute approximate surface area is 204 Å². The Morgan fingerprint density at radius 3 is 2.39 bits per heavy atom. The van der Waals surface area contributed by atoms with Gasteiger partial charge in [-0.2, -0.15) is 0 Å². The zero-order valence-corrected chi connectivity index (χ0v) is 19.8. The number of rotatable bonds is 7. The smallest absolute Gasteiger partial charge is 0.231 e. The normalized spacial score (nSPS) is 21.8. The average Bonchev–Trinajstić information content (AvgIpc) is 3.58. The molecule has 2 aliphatic carbocycles. The zero-order chi connectivity index (χ0) is 22.3. The van der Waals surface area contributed by atoms with Crippen LogP contribution in [0.25, 0.3) is 0 Å². The molecule has 2 aromatic carbocycles. The van der Waals surface area contributed by atoms with Crippen LogP contribution in [0.3, 0.4) is 0 Å². The molecule has 4 nitrogen and oxygen atoms in total. The molecule has 2 aromatic rings. The van der Waals surface area contributed by atoms with Gasteiger partial charge in [-0.3, -0.25) is 14.6 Å². The van der Waals surface area contributed by atoms with E-state index in [2.05, 4.69) is 10.3 Å². The predicted octanol–water partition coefficient (Wildman–Crippen LogP) is 6.84. The van der Waals surface area contributed by atoms with E-state index in [1.807, 2.05) is 6.21 Å². The molecule has 162 valence electrons. The molecule has 0 heterocycles. The third-order valence-electron chi connectivity index (χ3n) is 5.29. The van der Waals surface area contributed by atoms with Gasteiger partial charge in [0.15, 0.2) is 5.78 Å². The fourth-order valence-corrected chi connectivity index (χ4v) is 5.07. The first kappa shape index (κ1) is 22.9. The van der Waals surface area contributed by atoms with Gasteiger partial charge in [0.2, 0.25) is 5.91 Å². The van der Waals surface area contributed by atoms with E-state index in [-0.39, 0.29) is 18.2 Å². The maximum atomic E-state index is 12.9. The number of ketones is 1. The van der Waals surface area contributed by atoms with E-state index in [4.69, 9.17) is 58.0 Å². The maximum absolute atomic E-state index is 12.9. The number of hydrogen-bond donors (Lipinski definition) is 1. The second kappa shape index (κ2) is 8.92. The van der Waals surface area contributed by atoms with Crippen LogP contribution in [0.4, 0.5) is 5.69 Å². The van der Waals surface area contributed by atoms with Gasteiger partial charge >= 0.3 is 0 Å².